The molecule has 1 aliphatic carbocycles. The molecule has 5 nitrogen and oxygen atoms in total. The van der Waals surface area contributed by atoms with Crippen LogP contribution in [0.1, 0.15) is 47.6 Å². The first kappa shape index (κ1) is 18.5. The van der Waals surface area contributed by atoms with Crippen molar-refractivity contribution in [2.75, 3.05) is 13.7 Å². The lowest BCUT2D eigenvalue weighted by atomic mass is 10.0. The monoisotopic (exact) mass is 372 g/mol. The first-order chi connectivity index (χ1) is 12.7. The van der Waals surface area contributed by atoms with Gasteiger partial charge in [0.25, 0.3) is 5.91 Å². The highest BCUT2D eigenvalue weighted by molar-refractivity contribution is 7.08. The molecule has 6 heteroatoms. The van der Waals surface area contributed by atoms with Crippen LogP contribution in [0.5, 0.6) is 5.75 Å². The summed E-state index contributed by atoms with van der Waals surface area (Å²) in [5.74, 6) is 1.28. The number of amides is 2. The maximum atomic E-state index is 12.3. The maximum Gasteiger partial charge on any atom is 0.252 e. The SMILES string of the molecule is COc1ccc(C(NC(=O)CCCNC(=O)c2ccsc2)C2CC2)cc1. The summed E-state index contributed by atoms with van der Waals surface area (Å²) in [6.45, 7) is 0.499. The van der Waals surface area contributed by atoms with Crippen molar-refractivity contribution in [2.45, 2.75) is 31.7 Å². The van der Waals surface area contributed by atoms with Crippen LogP contribution in [0.4, 0.5) is 0 Å². The Morgan fingerprint density at radius 2 is 2.00 bits per heavy atom. The Morgan fingerprint density at radius 3 is 2.62 bits per heavy atom. The molecular weight excluding hydrogens is 348 g/mol. The van der Waals surface area contributed by atoms with Crippen LogP contribution in [0.15, 0.2) is 41.1 Å². The van der Waals surface area contributed by atoms with Crippen LogP contribution < -0.4 is 15.4 Å². The second-order valence-corrected chi connectivity index (χ2v) is 7.31. The van der Waals surface area contributed by atoms with E-state index in [1.807, 2.05) is 35.0 Å². The molecule has 1 saturated carbocycles. The van der Waals surface area contributed by atoms with Gasteiger partial charge in [-0.3, -0.25) is 9.59 Å². The Morgan fingerprint density at radius 1 is 1.23 bits per heavy atom. The van der Waals surface area contributed by atoms with E-state index in [0.29, 0.717) is 30.9 Å². The van der Waals surface area contributed by atoms with Crippen molar-refractivity contribution in [3.8, 4) is 5.75 Å². The van der Waals surface area contributed by atoms with Crippen LogP contribution in [0.3, 0.4) is 0 Å². The van der Waals surface area contributed by atoms with E-state index in [1.165, 1.54) is 11.3 Å². The van der Waals surface area contributed by atoms with E-state index in [0.717, 1.165) is 24.2 Å². The van der Waals surface area contributed by atoms with Gasteiger partial charge < -0.3 is 15.4 Å². The van der Waals surface area contributed by atoms with Crippen molar-refractivity contribution in [3.05, 3.63) is 52.2 Å². The molecule has 1 aromatic heterocycles. The van der Waals surface area contributed by atoms with E-state index in [4.69, 9.17) is 4.74 Å². The maximum absolute atomic E-state index is 12.3. The summed E-state index contributed by atoms with van der Waals surface area (Å²) in [5.41, 5.74) is 1.79. The number of carbonyl (C=O) groups is 2. The Balaban J connectivity index is 1.44. The summed E-state index contributed by atoms with van der Waals surface area (Å²) in [6.07, 6.45) is 3.33. The van der Waals surface area contributed by atoms with E-state index in [-0.39, 0.29) is 17.9 Å². The third kappa shape index (κ3) is 5.08. The molecule has 0 spiro atoms. The Hall–Kier alpha value is -2.34. The van der Waals surface area contributed by atoms with Crippen molar-refractivity contribution in [1.29, 1.82) is 0 Å². The third-order valence-electron chi connectivity index (χ3n) is 4.53. The van der Waals surface area contributed by atoms with Gasteiger partial charge in [0.05, 0.1) is 13.2 Å². The smallest absolute Gasteiger partial charge is 0.252 e. The molecule has 0 aliphatic heterocycles. The summed E-state index contributed by atoms with van der Waals surface area (Å²) in [5, 5.41) is 9.70. The number of hydrogen-bond donors (Lipinski definition) is 2. The van der Waals surface area contributed by atoms with Crippen LogP contribution >= 0.6 is 11.3 Å². The molecule has 1 fully saturated rings. The first-order valence-corrected chi connectivity index (χ1v) is 9.85. The number of methoxy groups -OCH3 is 1. The summed E-state index contributed by atoms with van der Waals surface area (Å²) >= 11 is 1.49. The minimum absolute atomic E-state index is 0.0301. The van der Waals surface area contributed by atoms with Gasteiger partial charge in [0.2, 0.25) is 5.91 Å². The average molecular weight is 372 g/mol. The second kappa shape index (κ2) is 8.85. The normalized spacial score (nSPS) is 14.5. The number of nitrogens with one attached hydrogen (secondary N) is 2. The van der Waals surface area contributed by atoms with Gasteiger partial charge in [0.15, 0.2) is 0 Å². The van der Waals surface area contributed by atoms with Gasteiger partial charge >= 0.3 is 0 Å². The van der Waals surface area contributed by atoms with Crippen molar-refractivity contribution in [1.82, 2.24) is 10.6 Å². The van der Waals surface area contributed by atoms with Crippen LogP contribution in [0.25, 0.3) is 0 Å². The van der Waals surface area contributed by atoms with Crippen LogP contribution in [0, 0.1) is 5.92 Å². The topological polar surface area (TPSA) is 67.4 Å². The Labute approximate surface area is 157 Å². The highest BCUT2D eigenvalue weighted by Gasteiger charge is 2.33. The molecule has 1 unspecified atom stereocenters. The predicted octanol–water partition coefficient (Wildman–Crippen LogP) is 3.53. The minimum atomic E-state index is -0.0826. The molecule has 26 heavy (non-hydrogen) atoms. The van der Waals surface area contributed by atoms with Crippen LogP contribution in [0.2, 0.25) is 0 Å². The Bertz CT molecular complexity index is 724. The Kier molecular flexibility index (Phi) is 6.28. The van der Waals surface area contributed by atoms with Gasteiger partial charge in [-0.2, -0.15) is 11.3 Å². The average Bonchev–Trinajstić information content (AvgIpc) is 3.36. The molecule has 138 valence electrons. The molecule has 0 saturated heterocycles. The summed E-state index contributed by atoms with van der Waals surface area (Å²) in [7, 11) is 1.65. The fourth-order valence-electron chi connectivity index (χ4n) is 2.91. The van der Waals surface area contributed by atoms with Gasteiger partial charge in [-0.25, -0.2) is 0 Å². The third-order valence-corrected chi connectivity index (χ3v) is 5.22. The van der Waals surface area contributed by atoms with Crippen LogP contribution in [-0.2, 0) is 4.79 Å². The molecule has 1 aromatic carbocycles. The molecule has 0 radical (unpaired) electrons. The zero-order valence-electron chi connectivity index (χ0n) is 14.9. The fraction of sp³-hybridized carbons (Fsp3) is 0.400. The quantitative estimate of drug-likeness (QED) is 0.662. The lowest BCUT2D eigenvalue weighted by Gasteiger charge is -2.19. The highest BCUT2D eigenvalue weighted by atomic mass is 32.1. The zero-order chi connectivity index (χ0) is 18.4. The number of rotatable bonds is 9. The van der Waals surface area contributed by atoms with Crippen molar-refractivity contribution >= 4 is 23.2 Å². The molecule has 1 heterocycles. The predicted molar refractivity (Wildman–Crippen MR) is 102 cm³/mol. The van der Waals surface area contributed by atoms with E-state index in [2.05, 4.69) is 10.6 Å². The van der Waals surface area contributed by atoms with Gasteiger partial charge in [0, 0.05) is 23.9 Å². The number of ether oxygens (including phenoxy) is 1. The molecule has 1 atom stereocenters. The van der Waals surface area contributed by atoms with Crippen molar-refractivity contribution in [2.24, 2.45) is 5.92 Å². The molecule has 1 aliphatic rings. The van der Waals surface area contributed by atoms with Gasteiger partial charge in [-0.1, -0.05) is 12.1 Å². The summed E-state index contributed by atoms with van der Waals surface area (Å²) in [6, 6.07) is 9.75. The molecule has 2 amide bonds. The molecule has 0 bridgehead atoms. The number of hydrogen-bond acceptors (Lipinski definition) is 4. The first-order valence-electron chi connectivity index (χ1n) is 8.91. The summed E-state index contributed by atoms with van der Waals surface area (Å²) < 4.78 is 5.20. The standard InChI is InChI=1S/C20H24N2O3S/c1-25-17-8-6-15(7-9-17)19(14-4-5-14)22-18(23)3-2-11-21-20(24)16-10-12-26-13-16/h6-10,12-14,19H,2-5,11H2,1H3,(H,21,24)(H,22,23). The largest absolute Gasteiger partial charge is 0.497 e. The van der Waals surface area contributed by atoms with Crippen LogP contribution in [-0.4, -0.2) is 25.5 Å². The second-order valence-electron chi connectivity index (χ2n) is 6.53. The highest BCUT2D eigenvalue weighted by Crippen LogP contribution is 2.41. The number of thiophene rings is 1. The fourth-order valence-corrected chi connectivity index (χ4v) is 3.54. The van der Waals surface area contributed by atoms with E-state index < -0.39 is 0 Å². The van der Waals surface area contributed by atoms with Gasteiger partial charge in [-0.15, -0.1) is 0 Å². The molecule has 3 rings (SSSR count). The van der Waals surface area contributed by atoms with Crippen molar-refractivity contribution in [3.63, 3.8) is 0 Å². The zero-order valence-corrected chi connectivity index (χ0v) is 15.7. The lowest BCUT2D eigenvalue weighted by Crippen LogP contribution is -2.31. The van der Waals surface area contributed by atoms with E-state index >= 15 is 0 Å². The number of benzene rings is 1. The minimum Gasteiger partial charge on any atom is -0.497 e. The lowest BCUT2D eigenvalue weighted by molar-refractivity contribution is -0.122. The molecule has 2 aromatic rings. The molecular formula is C20H24N2O3S. The number of carbonyl (C=O) groups excluding carboxylic acids is 2. The van der Waals surface area contributed by atoms with Gasteiger partial charge in [-0.05, 0) is 54.3 Å². The van der Waals surface area contributed by atoms with E-state index in [1.54, 1.807) is 13.2 Å². The molecule has 2 N–H and O–H groups in total. The summed E-state index contributed by atoms with van der Waals surface area (Å²) in [4.78, 5) is 24.2. The van der Waals surface area contributed by atoms with E-state index in [9.17, 15) is 9.59 Å². The van der Waals surface area contributed by atoms with Gasteiger partial charge in [0.1, 0.15) is 5.75 Å². The van der Waals surface area contributed by atoms with Crippen molar-refractivity contribution < 1.29 is 14.3 Å².